The van der Waals surface area contributed by atoms with Gasteiger partial charge in [0.1, 0.15) is 11.6 Å². The Balaban J connectivity index is 0. The lowest BCUT2D eigenvalue weighted by molar-refractivity contribution is -0.125. The lowest BCUT2D eigenvalue weighted by atomic mass is 9.82. The summed E-state index contributed by atoms with van der Waals surface area (Å²) in [4.78, 5) is 22.5. The highest BCUT2D eigenvalue weighted by atomic mass is 16.1. The Hall–Kier alpha value is -0.820. The molecular weight excluding hydrogens is 308 g/mol. The molecule has 0 amide bonds. The van der Waals surface area contributed by atoms with Crippen LogP contribution in [0, 0.1) is 0 Å². The molecule has 6 heteroatoms. The summed E-state index contributed by atoms with van der Waals surface area (Å²) in [5, 5.41) is 6.88. The predicted molar refractivity (Wildman–Crippen MR) is 98.3 cm³/mol. The maximum atomic E-state index is 11.3. The van der Waals surface area contributed by atoms with Gasteiger partial charge in [0.15, 0.2) is 0 Å². The molecule has 2 fully saturated rings. The summed E-state index contributed by atoms with van der Waals surface area (Å²) >= 11 is 0. The lowest BCUT2D eigenvalue weighted by Gasteiger charge is -2.41. The van der Waals surface area contributed by atoms with Gasteiger partial charge in [-0.05, 0) is 55.4 Å². The zero-order chi connectivity index (χ0) is 17.4. The standard InChI is InChI=1S/2C9H17NO.2H2O/c2*1-8(2)5-7(11)6-9(3,4)10-8;;/h2*10H,5-6H2,1-4H3;2*1H2. The summed E-state index contributed by atoms with van der Waals surface area (Å²) < 4.78 is 0. The number of ketones is 2. The van der Waals surface area contributed by atoms with Crippen molar-refractivity contribution in [3.63, 3.8) is 0 Å². The molecule has 6 nitrogen and oxygen atoms in total. The number of hydrogen-bond acceptors (Lipinski definition) is 4. The SMILES string of the molecule is CC1(C)CC(=O)CC(C)(C)N1.CC1(C)CC(=O)CC(C)(C)N1.O.O. The van der Waals surface area contributed by atoms with Crippen LogP contribution in [-0.2, 0) is 9.59 Å². The van der Waals surface area contributed by atoms with Gasteiger partial charge in [-0.3, -0.25) is 9.59 Å². The smallest absolute Gasteiger partial charge is 0.136 e. The van der Waals surface area contributed by atoms with Gasteiger partial charge in [0.05, 0.1) is 0 Å². The van der Waals surface area contributed by atoms with Gasteiger partial charge in [0, 0.05) is 47.8 Å². The molecule has 0 aromatic rings. The van der Waals surface area contributed by atoms with Crippen LogP contribution in [0.2, 0.25) is 0 Å². The molecule has 2 aliphatic rings. The van der Waals surface area contributed by atoms with Crippen LogP contribution in [0.15, 0.2) is 0 Å². The first-order valence-electron chi connectivity index (χ1n) is 8.24. The Bertz CT molecular complexity index is 376. The van der Waals surface area contributed by atoms with Crippen molar-refractivity contribution < 1.29 is 20.5 Å². The molecule has 2 heterocycles. The Kier molecular flexibility index (Phi) is 8.52. The third-order valence-corrected chi connectivity index (χ3v) is 3.91. The van der Waals surface area contributed by atoms with Gasteiger partial charge in [-0.25, -0.2) is 0 Å². The Labute approximate surface area is 146 Å². The lowest BCUT2D eigenvalue weighted by Crippen LogP contribution is -2.58. The van der Waals surface area contributed by atoms with Crippen LogP contribution in [-0.4, -0.2) is 44.7 Å². The molecule has 24 heavy (non-hydrogen) atoms. The van der Waals surface area contributed by atoms with Crippen molar-refractivity contribution >= 4 is 11.6 Å². The number of hydrogen-bond donors (Lipinski definition) is 2. The summed E-state index contributed by atoms with van der Waals surface area (Å²) in [5.74, 6) is 0.748. The topological polar surface area (TPSA) is 121 Å². The average Bonchev–Trinajstić information content (AvgIpc) is 2.03. The largest absolute Gasteiger partial charge is 0.412 e. The fraction of sp³-hybridized carbons (Fsp3) is 0.889. The predicted octanol–water partition coefficient (Wildman–Crippen LogP) is 1.34. The Morgan fingerprint density at radius 1 is 0.542 bits per heavy atom. The van der Waals surface area contributed by atoms with E-state index in [2.05, 4.69) is 66.0 Å². The molecule has 144 valence electrons. The monoisotopic (exact) mass is 346 g/mol. The van der Waals surface area contributed by atoms with Gasteiger partial charge in [-0.1, -0.05) is 0 Å². The number of Topliss-reactive ketones (excluding diaryl/α,β-unsaturated/α-hetero) is 2. The number of rotatable bonds is 0. The molecule has 0 aromatic heterocycles. The van der Waals surface area contributed by atoms with Gasteiger partial charge in [0.25, 0.3) is 0 Å². The molecule has 2 saturated heterocycles. The van der Waals surface area contributed by atoms with Crippen molar-refractivity contribution in [1.29, 1.82) is 0 Å². The van der Waals surface area contributed by atoms with Gasteiger partial charge in [0.2, 0.25) is 0 Å². The molecule has 0 saturated carbocycles. The second-order valence-corrected chi connectivity index (χ2v) is 9.57. The van der Waals surface area contributed by atoms with Crippen LogP contribution in [0.5, 0.6) is 0 Å². The maximum Gasteiger partial charge on any atom is 0.136 e. The minimum Gasteiger partial charge on any atom is -0.412 e. The summed E-state index contributed by atoms with van der Waals surface area (Å²) in [6, 6.07) is 0. The van der Waals surface area contributed by atoms with Gasteiger partial charge >= 0.3 is 0 Å². The first-order chi connectivity index (χ1) is 9.62. The van der Waals surface area contributed by atoms with Crippen LogP contribution < -0.4 is 10.6 Å². The second-order valence-electron chi connectivity index (χ2n) is 9.57. The van der Waals surface area contributed by atoms with E-state index in [0.717, 1.165) is 0 Å². The van der Waals surface area contributed by atoms with Crippen LogP contribution in [0.25, 0.3) is 0 Å². The fourth-order valence-corrected chi connectivity index (χ4v) is 4.11. The summed E-state index contributed by atoms with van der Waals surface area (Å²) in [6.07, 6.45) is 2.65. The van der Waals surface area contributed by atoms with Gasteiger partial charge in [-0.15, -0.1) is 0 Å². The van der Waals surface area contributed by atoms with E-state index in [9.17, 15) is 9.59 Å². The molecule has 0 aliphatic carbocycles. The Morgan fingerprint density at radius 3 is 0.833 bits per heavy atom. The summed E-state index contributed by atoms with van der Waals surface area (Å²) in [7, 11) is 0. The Morgan fingerprint density at radius 2 is 0.708 bits per heavy atom. The third-order valence-electron chi connectivity index (χ3n) is 3.91. The minimum absolute atomic E-state index is 0. The molecule has 0 spiro atoms. The zero-order valence-electron chi connectivity index (χ0n) is 16.6. The van der Waals surface area contributed by atoms with E-state index < -0.39 is 0 Å². The van der Waals surface area contributed by atoms with Crippen molar-refractivity contribution in [2.75, 3.05) is 0 Å². The number of piperidine rings is 2. The van der Waals surface area contributed by atoms with Crippen LogP contribution in [0.4, 0.5) is 0 Å². The summed E-state index contributed by atoms with van der Waals surface area (Å²) in [5.41, 5.74) is -0.0602. The highest BCUT2D eigenvalue weighted by Crippen LogP contribution is 2.26. The molecule has 2 aliphatic heterocycles. The molecule has 0 bridgehead atoms. The molecule has 2 rings (SSSR count). The van der Waals surface area contributed by atoms with E-state index in [0.29, 0.717) is 37.2 Å². The van der Waals surface area contributed by atoms with E-state index >= 15 is 0 Å². The fourth-order valence-electron chi connectivity index (χ4n) is 4.11. The van der Waals surface area contributed by atoms with E-state index in [4.69, 9.17) is 0 Å². The molecular formula is C18H38N2O4. The van der Waals surface area contributed by atoms with Crippen molar-refractivity contribution in [3.05, 3.63) is 0 Å². The third kappa shape index (κ3) is 8.87. The van der Waals surface area contributed by atoms with E-state index in [1.807, 2.05) is 0 Å². The zero-order valence-corrected chi connectivity index (χ0v) is 16.6. The number of carbonyl (C=O) groups is 2. The average molecular weight is 347 g/mol. The highest BCUT2D eigenvalue weighted by Gasteiger charge is 2.37. The van der Waals surface area contributed by atoms with Crippen molar-refractivity contribution in [2.45, 2.75) is 103 Å². The number of carbonyl (C=O) groups excluding carboxylic acids is 2. The second kappa shape index (κ2) is 8.04. The molecule has 6 N–H and O–H groups in total. The van der Waals surface area contributed by atoms with Crippen molar-refractivity contribution in [2.24, 2.45) is 0 Å². The van der Waals surface area contributed by atoms with Crippen molar-refractivity contribution in [1.82, 2.24) is 10.6 Å². The first kappa shape index (κ1) is 25.4. The van der Waals surface area contributed by atoms with Crippen LogP contribution >= 0.6 is 0 Å². The van der Waals surface area contributed by atoms with Crippen molar-refractivity contribution in [3.8, 4) is 0 Å². The molecule has 0 radical (unpaired) electrons. The van der Waals surface area contributed by atoms with E-state index in [1.54, 1.807) is 0 Å². The molecule has 0 atom stereocenters. The van der Waals surface area contributed by atoms with Crippen LogP contribution in [0.1, 0.15) is 81.1 Å². The minimum atomic E-state index is -0.0150. The highest BCUT2D eigenvalue weighted by molar-refractivity contribution is 5.82. The van der Waals surface area contributed by atoms with E-state index in [-0.39, 0.29) is 33.1 Å². The normalized spacial score (nSPS) is 26.2. The maximum absolute atomic E-state index is 11.3. The quantitative estimate of drug-likeness (QED) is 0.687. The number of nitrogens with one attached hydrogen (secondary N) is 2. The van der Waals surface area contributed by atoms with Gasteiger partial charge in [-0.2, -0.15) is 0 Å². The van der Waals surface area contributed by atoms with Crippen LogP contribution in [0.3, 0.4) is 0 Å². The molecule has 0 unspecified atom stereocenters. The van der Waals surface area contributed by atoms with Gasteiger partial charge < -0.3 is 21.6 Å². The summed E-state index contributed by atoms with van der Waals surface area (Å²) in [6.45, 7) is 16.6. The molecule has 0 aromatic carbocycles. The van der Waals surface area contributed by atoms with E-state index in [1.165, 1.54) is 0 Å². The first-order valence-corrected chi connectivity index (χ1v) is 8.24.